The molecule has 2 rings (SSSR count). The Morgan fingerprint density at radius 2 is 1.75 bits per heavy atom. The van der Waals surface area contributed by atoms with Crippen molar-refractivity contribution in [3.05, 3.63) is 46.3 Å². The highest BCUT2D eigenvalue weighted by atomic mass is 35.5. The number of anilines is 1. The monoisotopic (exact) mass is 386 g/mol. The molecule has 0 unspecified atom stereocenters. The van der Waals surface area contributed by atoms with Gasteiger partial charge in [-0.3, -0.25) is 4.79 Å². The Morgan fingerprint density at radius 3 is 2.25 bits per heavy atom. The molecule has 1 amide bonds. The number of halogens is 1. The largest absolute Gasteiger partial charge is 0.325 e. The summed E-state index contributed by atoms with van der Waals surface area (Å²) in [5.74, 6) is -0.440. The number of nitrogens with one attached hydrogen (secondary N) is 2. The molecule has 8 heteroatoms. The van der Waals surface area contributed by atoms with Crippen LogP contribution in [-0.2, 0) is 20.2 Å². The molecule has 2 N–H and O–H groups in total. The number of carbonyl (C=O) groups is 1. The van der Waals surface area contributed by atoms with Crippen molar-refractivity contribution in [2.75, 3.05) is 11.9 Å². The lowest BCUT2D eigenvalue weighted by molar-refractivity contribution is -0.115. The zero-order valence-corrected chi connectivity index (χ0v) is 16.0. The molecule has 0 aliphatic carbocycles. The molecule has 0 bridgehead atoms. The molecule has 0 saturated heterocycles. The Labute approximate surface area is 151 Å². The number of benzene rings is 1. The topological polar surface area (TPSA) is 75.3 Å². The van der Waals surface area contributed by atoms with Crippen LogP contribution in [0.15, 0.2) is 40.6 Å². The van der Waals surface area contributed by atoms with Gasteiger partial charge in [0.15, 0.2) is 0 Å². The number of amides is 1. The van der Waals surface area contributed by atoms with E-state index < -0.39 is 15.9 Å². The summed E-state index contributed by atoms with van der Waals surface area (Å²) in [6.45, 7) is 5.96. The Kier molecular flexibility index (Phi) is 5.70. The number of thiophene rings is 1. The molecule has 1 aromatic heterocycles. The van der Waals surface area contributed by atoms with Gasteiger partial charge in [0.25, 0.3) is 10.0 Å². The Hall–Kier alpha value is -1.41. The summed E-state index contributed by atoms with van der Waals surface area (Å²) < 4.78 is 26.7. The fourth-order valence-electron chi connectivity index (χ4n) is 1.93. The highest BCUT2D eigenvalue weighted by Gasteiger charge is 2.18. The van der Waals surface area contributed by atoms with Crippen LogP contribution in [0.25, 0.3) is 0 Å². The van der Waals surface area contributed by atoms with Crippen molar-refractivity contribution in [2.45, 2.75) is 30.4 Å². The van der Waals surface area contributed by atoms with E-state index in [-0.39, 0.29) is 16.2 Å². The normalized spacial score (nSPS) is 12.2. The van der Waals surface area contributed by atoms with Gasteiger partial charge in [0, 0.05) is 5.69 Å². The number of sulfonamides is 1. The molecular formula is C16H19ClN2O3S2. The van der Waals surface area contributed by atoms with Crippen LogP contribution in [0.2, 0.25) is 4.34 Å². The van der Waals surface area contributed by atoms with Crippen molar-refractivity contribution in [3.8, 4) is 0 Å². The van der Waals surface area contributed by atoms with E-state index in [9.17, 15) is 13.2 Å². The molecule has 0 saturated carbocycles. The number of hydrogen-bond donors (Lipinski definition) is 2. The zero-order valence-electron chi connectivity index (χ0n) is 13.6. The van der Waals surface area contributed by atoms with Crippen molar-refractivity contribution in [2.24, 2.45) is 0 Å². The van der Waals surface area contributed by atoms with Crippen molar-refractivity contribution >= 4 is 44.6 Å². The Balaban J connectivity index is 1.94. The maximum Gasteiger partial charge on any atom is 0.250 e. The summed E-state index contributed by atoms with van der Waals surface area (Å²) in [5, 5.41) is 2.66. The summed E-state index contributed by atoms with van der Waals surface area (Å²) >= 11 is 6.67. The molecule has 0 spiro atoms. The fraction of sp³-hybridized carbons (Fsp3) is 0.312. The lowest BCUT2D eigenvalue weighted by atomic mass is 9.87. The van der Waals surface area contributed by atoms with Crippen LogP contribution in [0, 0.1) is 0 Å². The van der Waals surface area contributed by atoms with E-state index >= 15 is 0 Å². The molecule has 0 aliphatic heterocycles. The molecule has 1 aromatic carbocycles. The summed E-state index contributed by atoms with van der Waals surface area (Å²) in [5.41, 5.74) is 1.79. The van der Waals surface area contributed by atoms with E-state index in [4.69, 9.17) is 11.6 Å². The first-order valence-electron chi connectivity index (χ1n) is 7.23. The van der Waals surface area contributed by atoms with Gasteiger partial charge in [0.1, 0.15) is 4.21 Å². The third-order valence-electron chi connectivity index (χ3n) is 3.27. The SMILES string of the molecule is CC(C)(C)c1ccc(NC(=O)CNS(=O)(=O)c2ccc(Cl)s2)cc1. The predicted molar refractivity (Wildman–Crippen MR) is 98.3 cm³/mol. The average Bonchev–Trinajstić information content (AvgIpc) is 2.92. The lowest BCUT2D eigenvalue weighted by Gasteiger charge is -2.19. The third kappa shape index (κ3) is 5.04. The first-order valence-corrected chi connectivity index (χ1v) is 9.91. The van der Waals surface area contributed by atoms with Gasteiger partial charge in [-0.15, -0.1) is 11.3 Å². The van der Waals surface area contributed by atoms with E-state index in [0.29, 0.717) is 10.0 Å². The molecule has 1 heterocycles. The van der Waals surface area contributed by atoms with Gasteiger partial charge in [-0.05, 0) is 35.2 Å². The minimum absolute atomic E-state index is 0.0279. The number of rotatable bonds is 5. The molecule has 2 aromatic rings. The van der Waals surface area contributed by atoms with E-state index in [1.807, 2.05) is 12.1 Å². The summed E-state index contributed by atoms with van der Waals surface area (Å²) in [6.07, 6.45) is 0. The highest BCUT2D eigenvalue weighted by Crippen LogP contribution is 2.25. The van der Waals surface area contributed by atoms with Gasteiger partial charge >= 0.3 is 0 Å². The number of hydrogen-bond acceptors (Lipinski definition) is 4. The molecule has 0 radical (unpaired) electrons. The maximum absolute atomic E-state index is 12.0. The predicted octanol–water partition coefficient (Wildman–Crippen LogP) is 3.62. The standard InChI is InChI=1S/C16H19ClN2O3S2/c1-16(2,3)11-4-6-12(7-5-11)19-14(20)10-18-24(21,22)15-9-8-13(17)23-15/h4-9,18H,10H2,1-3H3,(H,19,20). The van der Waals surface area contributed by atoms with Gasteiger partial charge in [-0.1, -0.05) is 44.5 Å². The van der Waals surface area contributed by atoms with Gasteiger partial charge < -0.3 is 5.32 Å². The molecular weight excluding hydrogens is 368 g/mol. The second-order valence-corrected chi connectivity index (χ2v) is 9.97. The van der Waals surface area contributed by atoms with Crippen molar-refractivity contribution in [1.29, 1.82) is 0 Å². The first-order chi connectivity index (χ1) is 11.1. The van der Waals surface area contributed by atoms with Crippen LogP contribution in [0.3, 0.4) is 0 Å². The fourth-order valence-corrected chi connectivity index (χ4v) is 4.44. The lowest BCUT2D eigenvalue weighted by Crippen LogP contribution is -2.32. The van der Waals surface area contributed by atoms with E-state index in [2.05, 4.69) is 30.8 Å². The second kappa shape index (κ2) is 7.23. The van der Waals surface area contributed by atoms with Crippen LogP contribution in [0.4, 0.5) is 5.69 Å². The summed E-state index contributed by atoms with van der Waals surface area (Å²) in [6, 6.07) is 10.4. The summed E-state index contributed by atoms with van der Waals surface area (Å²) in [7, 11) is -3.73. The van der Waals surface area contributed by atoms with Crippen LogP contribution in [0.1, 0.15) is 26.3 Å². The molecule has 0 aliphatic rings. The van der Waals surface area contributed by atoms with E-state index in [1.54, 1.807) is 12.1 Å². The van der Waals surface area contributed by atoms with Crippen LogP contribution in [0.5, 0.6) is 0 Å². The minimum Gasteiger partial charge on any atom is -0.325 e. The van der Waals surface area contributed by atoms with Gasteiger partial charge in [0.2, 0.25) is 5.91 Å². The second-order valence-electron chi connectivity index (χ2n) is 6.26. The smallest absolute Gasteiger partial charge is 0.250 e. The van der Waals surface area contributed by atoms with Crippen LogP contribution >= 0.6 is 22.9 Å². The summed E-state index contributed by atoms with van der Waals surface area (Å²) in [4.78, 5) is 11.9. The van der Waals surface area contributed by atoms with Gasteiger partial charge in [-0.25, -0.2) is 13.1 Å². The van der Waals surface area contributed by atoms with Crippen molar-refractivity contribution in [3.63, 3.8) is 0 Å². The third-order valence-corrected chi connectivity index (χ3v) is 6.40. The highest BCUT2D eigenvalue weighted by molar-refractivity contribution is 7.91. The van der Waals surface area contributed by atoms with Crippen molar-refractivity contribution in [1.82, 2.24) is 4.72 Å². The Bertz CT molecular complexity index is 822. The van der Waals surface area contributed by atoms with Crippen molar-refractivity contribution < 1.29 is 13.2 Å². The first kappa shape index (κ1) is 18.9. The van der Waals surface area contributed by atoms with Crippen LogP contribution < -0.4 is 10.0 Å². The maximum atomic E-state index is 12.0. The molecule has 130 valence electrons. The molecule has 24 heavy (non-hydrogen) atoms. The minimum atomic E-state index is -3.73. The van der Waals surface area contributed by atoms with E-state index in [1.165, 1.54) is 12.1 Å². The molecule has 5 nitrogen and oxygen atoms in total. The average molecular weight is 387 g/mol. The van der Waals surface area contributed by atoms with Crippen LogP contribution in [-0.4, -0.2) is 20.9 Å². The Morgan fingerprint density at radius 1 is 1.12 bits per heavy atom. The zero-order chi connectivity index (χ0) is 18.0. The number of carbonyl (C=O) groups excluding carboxylic acids is 1. The van der Waals surface area contributed by atoms with Gasteiger partial charge in [-0.2, -0.15) is 0 Å². The van der Waals surface area contributed by atoms with E-state index in [0.717, 1.165) is 16.9 Å². The molecule has 0 atom stereocenters. The molecule has 0 fully saturated rings. The van der Waals surface area contributed by atoms with Gasteiger partial charge in [0.05, 0.1) is 10.9 Å². The quantitative estimate of drug-likeness (QED) is 0.824.